The van der Waals surface area contributed by atoms with Gasteiger partial charge in [-0.1, -0.05) is 42.5 Å². The van der Waals surface area contributed by atoms with Crippen LogP contribution >= 0.6 is 0 Å². The highest BCUT2D eigenvalue weighted by Crippen LogP contribution is 2.24. The zero-order valence-corrected chi connectivity index (χ0v) is 13.4. The number of rotatable bonds is 5. The number of carbonyl (C=O) groups excluding carboxylic acids is 1. The maximum absolute atomic E-state index is 13.1. The first kappa shape index (κ1) is 16.6. The number of hydrogen-bond acceptors (Lipinski definition) is 3. The molecule has 2 aromatic carbocycles. The van der Waals surface area contributed by atoms with Crippen molar-refractivity contribution in [2.24, 2.45) is 5.73 Å². The van der Waals surface area contributed by atoms with Crippen LogP contribution in [0.5, 0.6) is 0 Å². The Balaban J connectivity index is 1.73. The molecule has 4 nitrogen and oxygen atoms in total. The molecule has 1 amide bonds. The summed E-state index contributed by atoms with van der Waals surface area (Å²) in [6.45, 7) is 1.78. The molecule has 0 unspecified atom stereocenters. The summed E-state index contributed by atoms with van der Waals surface area (Å²) in [6.07, 6.45) is 0.787. The zero-order valence-electron chi connectivity index (χ0n) is 13.4. The molecule has 2 N–H and O–H groups in total. The molecule has 3 rings (SSSR count). The molecule has 0 radical (unpaired) electrons. The van der Waals surface area contributed by atoms with Crippen molar-refractivity contribution in [3.8, 4) is 0 Å². The molecular weight excluding hydrogens is 307 g/mol. The molecule has 1 heterocycles. The summed E-state index contributed by atoms with van der Waals surface area (Å²) in [5.74, 6) is -0.757. The third-order valence-corrected chi connectivity index (χ3v) is 4.30. The van der Waals surface area contributed by atoms with Gasteiger partial charge in [-0.05, 0) is 29.7 Å². The molecule has 2 aromatic rings. The van der Waals surface area contributed by atoms with E-state index in [1.807, 2.05) is 23.1 Å². The van der Waals surface area contributed by atoms with Crippen molar-refractivity contribution in [3.63, 3.8) is 0 Å². The van der Waals surface area contributed by atoms with E-state index in [-0.39, 0.29) is 11.9 Å². The van der Waals surface area contributed by atoms with E-state index in [0.29, 0.717) is 25.3 Å². The van der Waals surface area contributed by atoms with Gasteiger partial charge in [-0.25, -0.2) is 4.39 Å². The summed E-state index contributed by atoms with van der Waals surface area (Å²) in [7, 11) is 0. The van der Waals surface area contributed by atoms with Gasteiger partial charge >= 0.3 is 0 Å². The van der Waals surface area contributed by atoms with E-state index in [2.05, 4.69) is 12.1 Å². The number of nitrogens with zero attached hydrogens (tertiary/aromatic N) is 1. The number of carbonyl (C=O) groups is 1. The second-order valence-electron chi connectivity index (χ2n) is 6.03. The smallest absolute Gasteiger partial charge is 0.239 e. The summed E-state index contributed by atoms with van der Waals surface area (Å²) in [5, 5.41) is 0. The van der Waals surface area contributed by atoms with Crippen molar-refractivity contribution in [1.82, 2.24) is 4.90 Å². The van der Waals surface area contributed by atoms with Crippen molar-refractivity contribution in [1.29, 1.82) is 0 Å². The maximum atomic E-state index is 13.1. The average molecular weight is 328 g/mol. The van der Waals surface area contributed by atoms with E-state index in [1.165, 1.54) is 17.7 Å². The quantitative estimate of drug-likeness (QED) is 0.916. The molecule has 1 aliphatic heterocycles. The van der Waals surface area contributed by atoms with Gasteiger partial charge in [0.05, 0.1) is 12.7 Å². The predicted octanol–water partition coefficient (Wildman–Crippen LogP) is 2.30. The third kappa shape index (κ3) is 3.99. The Morgan fingerprint density at radius 3 is 2.58 bits per heavy atom. The zero-order chi connectivity index (χ0) is 16.9. The molecule has 0 spiro atoms. The molecule has 2 atom stereocenters. The van der Waals surface area contributed by atoms with Gasteiger partial charge in [0.15, 0.2) is 0 Å². The van der Waals surface area contributed by atoms with Crippen LogP contribution in [0.15, 0.2) is 54.6 Å². The number of hydrogen-bond donors (Lipinski definition) is 1. The number of ether oxygens (including phenoxy) is 1. The van der Waals surface area contributed by atoms with Crippen molar-refractivity contribution in [3.05, 3.63) is 71.5 Å². The predicted molar refractivity (Wildman–Crippen MR) is 89.8 cm³/mol. The van der Waals surface area contributed by atoms with Gasteiger partial charge in [-0.15, -0.1) is 0 Å². The summed E-state index contributed by atoms with van der Waals surface area (Å²) >= 11 is 0. The number of morpholine rings is 1. The first-order chi connectivity index (χ1) is 11.6. The van der Waals surface area contributed by atoms with Crippen LogP contribution in [-0.4, -0.2) is 36.6 Å². The number of benzene rings is 2. The van der Waals surface area contributed by atoms with Crippen LogP contribution < -0.4 is 5.73 Å². The molecule has 1 fully saturated rings. The van der Waals surface area contributed by atoms with Crippen molar-refractivity contribution >= 4 is 5.91 Å². The first-order valence-corrected chi connectivity index (χ1v) is 8.08. The summed E-state index contributed by atoms with van der Waals surface area (Å²) < 4.78 is 19.0. The summed E-state index contributed by atoms with van der Waals surface area (Å²) in [5.41, 5.74) is 7.53. The van der Waals surface area contributed by atoms with Crippen LogP contribution in [0.3, 0.4) is 0 Å². The third-order valence-electron chi connectivity index (χ3n) is 4.30. The maximum Gasteiger partial charge on any atom is 0.239 e. The molecule has 5 heteroatoms. The Morgan fingerprint density at radius 2 is 1.92 bits per heavy atom. The van der Waals surface area contributed by atoms with Gasteiger partial charge in [-0.2, -0.15) is 0 Å². The van der Waals surface area contributed by atoms with Gasteiger partial charge in [0.2, 0.25) is 5.91 Å². The molecule has 0 aliphatic carbocycles. The van der Waals surface area contributed by atoms with E-state index >= 15 is 0 Å². The van der Waals surface area contributed by atoms with Crippen molar-refractivity contribution in [2.45, 2.75) is 18.6 Å². The van der Waals surface area contributed by atoms with Crippen LogP contribution in [0, 0.1) is 5.82 Å². The molecule has 0 aromatic heterocycles. The highest BCUT2D eigenvalue weighted by molar-refractivity contribution is 5.81. The minimum absolute atomic E-state index is 0.00319. The Kier molecular flexibility index (Phi) is 5.23. The van der Waals surface area contributed by atoms with E-state index in [4.69, 9.17) is 10.5 Å². The second kappa shape index (κ2) is 7.55. The minimum Gasteiger partial charge on any atom is -0.375 e. The first-order valence-electron chi connectivity index (χ1n) is 8.08. The molecular formula is C19H21FN2O2. The Bertz CT molecular complexity index is 676. The lowest BCUT2D eigenvalue weighted by atomic mass is 10.0. The lowest BCUT2D eigenvalue weighted by Gasteiger charge is -2.37. The number of nitrogens with two attached hydrogens (primary N) is 1. The highest BCUT2D eigenvalue weighted by Gasteiger charge is 2.31. The Labute approximate surface area is 141 Å². The van der Waals surface area contributed by atoms with E-state index in [0.717, 1.165) is 6.42 Å². The summed E-state index contributed by atoms with van der Waals surface area (Å²) in [4.78, 5) is 14.0. The van der Waals surface area contributed by atoms with Gasteiger partial charge in [0, 0.05) is 13.1 Å². The average Bonchev–Trinajstić information content (AvgIpc) is 2.58. The van der Waals surface area contributed by atoms with Crippen molar-refractivity contribution < 1.29 is 13.9 Å². The lowest BCUT2D eigenvalue weighted by Crippen LogP contribution is -2.48. The molecule has 24 heavy (non-hydrogen) atoms. The number of amides is 1. The largest absolute Gasteiger partial charge is 0.375 e. The normalized spacial score (nSPS) is 19.8. The van der Waals surface area contributed by atoms with Gasteiger partial charge in [0.25, 0.3) is 0 Å². The second-order valence-corrected chi connectivity index (χ2v) is 6.03. The van der Waals surface area contributed by atoms with Crippen LogP contribution in [0.4, 0.5) is 4.39 Å². The van der Waals surface area contributed by atoms with Crippen molar-refractivity contribution in [2.75, 3.05) is 19.7 Å². The van der Waals surface area contributed by atoms with E-state index in [1.54, 1.807) is 12.1 Å². The highest BCUT2D eigenvalue weighted by atomic mass is 19.1. The van der Waals surface area contributed by atoms with E-state index in [9.17, 15) is 9.18 Å². The van der Waals surface area contributed by atoms with Crippen LogP contribution in [-0.2, 0) is 16.0 Å². The molecule has 126 valence electrons. The minimum atomic E-state index is -0.562. The molecule has 1 aliphatic rings. The van der Waals surface area contributed by atoms with Crippen LogP contribution in [0.2, 0.25) is 0 Å². The van der Waals surface area contributed by atoms with E-state index < -0.39 is 11.9 Å². The Hall–Kier alpha value is -2.24. The fraction of sp³-hybridized carbons (Fsp3) is 0.316. The fourth-order valence-corrected chi connectivity index (χ4v) is 3.18. The molecule has 0 bridgehead atoms. The Morgan fingerprint density at radius 1 is 1.21 bits per heavy atom. The van der Waals surface area contributed by atoms with Crippen LogP contribution in [0.1, 0.15) is 17.2 Å². The lowest BCUT2D eigenvalue weighted by molar-refractivity contribution is -0.127. The standard InChI is InChI=1S/C19H21FN2O2/c20-16-8-6-15(7-9-16)18(19(21)23)22-10-11-24-17(13-22)12-14-4-2-1-3-5-14/h1-9,17-18H,10-13H2,(H2,21,23)/t17-,18+/m0/s1. The van der Waals surface area contributed by atoms with Gasteiger partial charge in [0.1, 0.15) is 11.9 Å². The monoisotopic (exact) mass is 328 g/mol. The SMILES string of the molecule is NC(=O)[C@@H](c1ccc(F)cc1)N1CCO[C@@H](Cc2ccccc2)C1. The van der Waals surface area contributed by atoms with Crippen LogP contribution in [0.25, 0.3) is 0 Å². The number of halogens is 1. The van der Waals surface area contributed by atoms with Gasteiger partial charge in [-0.3, -0.25) is 9.69 Å². The summed E-state index contributed by atoms with van der Waals surface area (Å²) in [6, 6.07) is 15.5. The molecule has 1 saturated heterocycles. The topological polar surface area (TPSA) is 55.6 Å². The van der Waals surface area contributed by atoms with Gasteiger partial charge < -0.3 is 10.5 Å². The fourth-order valence-electron chi connectivity index (χ4n) is 3.18. The number of primary amides is 1. The molecule has 0 saturated carbocycles.